The van der Waals surface area contributed by atoms with Crippen LogP contribution in [0.15, 0.2) is 30.6 Å². The fraction of sp³-hybridized carbons (Fsp3) is 0.524. The van der Waals surface area contributed by atoms with Gasteiger partial charge in [-0.3, -0.25) is 9.97 Å². The summed E-state index contributed by atoms with van der Waals surface area (Å²) >= 11 is 0. The van der Waals surface area contributed by atoms with Crippen molar-refractivity contribution in [1.29, 1.82) is 0 Å². The highest BCUT2D eigenvalue weighted by Crippen LogP contribution is 2.17. The van der Waals surface area contributed by atoms with Gasteiger partial charge in [-0.05, 0) is 61.9 Å². The Labute approximate surface area is 152 Å². The Bertz CT molecular complexity index is 667. The van der Waals surface area contributed by atoms with Crippen LogP contribution in [0, 0.1) is 13.8 Å². The van der Waals surface area contributed by atoms with Gasteiger partial charge in [0.05, 0.1) is 5.69 Å². The molecule has 0 saturated heterocycles. The van der Waals surface area contributed by atoms with Gasteiger partial charge in [-0.15, -0.1) is 0 Å². The van der Waals surface area contributed by atoms with Crippen LogP contribution in [-0.2, 0) is 13.0 Å². The summed E-state index contributed by atoms with van der Waals surface area (Å²) in [4.78, 5) is 9.03. The summed E-state index contributed by atoms with van der Waals surface area (Å²) in [6.07, 6.45) is 6.71. The van der Waals surface area contributed by atoms with Crippen molar-refractivity contribution < 1.29 is 0 Å². The average Bonchev–Trinajstić information content (AvgIpc) is 2.57. The van der Waals surface area contributed by atoms with Gasteiger partial charge in [0, 0.05) is 37.1 Å². The molecule has 1 unspecified atom stereocenters. The quantitative estimate of drug-likeness (QED) is 0.684. The zero-order valence-electron chi connectivity index (χ0n) is 16.0. The van der Waals surface area contributed by atoms with Crippen molar-refractivity contribution >= 4 is 0 Å². The maximum Gasteiger partial charge on any atom is 0.0576 e. The predicted molar refractivity (Wildman–Crippen MR) is 105 cm³/mol. The van der Waals surface area contributed by atoms with Crippen LogP contribution in [0.25, 0.3) is 0 Å². The fourth-order valence-corrected chi connectivity index (χ4v) is 3.13. The molecule has 25 heavy (non-hydrogen) atoms. The molecule has 3 N–H and O–H groups in total. The molecule has 2 aromatic heterocycles. The molecule has 2 rings (SSSR count). The second kappa shape index (κ2) is 9.64. The summed E-state index contributed by atoms with van der Waals surface area (Å²) in [5, 5.41) is 3.50. The maximum atomic E-state index is 6.29. The van der Waals surface area contributed by atoms with Gasteiger partial charge in [0.1, 0.15) is 0 Å². The standard InChI is InChI=1S/C21H32N4/c1-15(2)19-8-6-10-24-21(19)14-23-9-5-7-18(22)12-20-17(4)11-16(3)13-25-20/h6,8,10-11,13,15,18,23H,5,7,9,12,14,22H2,1-4H3. The molecule has 0 aliphatic heterocycles. The van der Waals surface area contributed by atoms with Crippen molar-refractivity contribution in [3.05, 3.63) is 58.7 Å². The molecule has 136 valence electrons. The van der Waals surface area contributed by atoms with Gasteiger partial charge in [0.15, 0.2) is 0 Å². The molecule has 1 atom stereocenters. The van der Waals surface area contributed by atoms with E-state index in [-0.39, 0.29) is 6.04 Å². The molecule has 0 radical (unpaired) electrons. The number of aromatic nitrogens is 2. The summed E-state index contributed by atoms with van der Waals surface area (Å²) in [6.45, 7) is 10.4. The van der Waals surface area contributed by atoms with E-state index in [0.717, 1.165) is 43.7 Å². The molecule has 0 saturated carbocycles. The number of nitrogens with zero attached hydrogens (tertiary/aromatic N) is 2. The van der Waals surface area contributed by atoms with Crippen LogP contribution in [0.1, 0.15) is 60.7 Å². The van der Waals surface area contributed by atoms with Crippen molar-refractivity contribution in [2.45, 2.75) is 65.5 Å². The van der Waals surface area contributed by atoms with Crippen molar-refractivity contribution in [1.82, 2.24) is 15.3 Å². The van der Waals surface area contributed by atoms with E-state index in [0.29, 0.717) is 5.92 Å². The van der Waals surface area contributed by atoms with E-state index in [1.54, 1.807) is 0 Å². The third-order valence-corrected chi connectivity index (χ3v) is 4.55. The lowest BCUT2D eigenvalue weighted by atomic mass is 10.0. The Morgan fingerprint density at radius 1 is 1.16 bits per heavy atom. The van der Waals surface area contributed by atoms with Gasteiger partial charge in [-0.25, -0.2) is 0 Å². The molecule has 4 nitrogen and oxygen atoms in total. The van der Waals surface area contributed by atoms with Crippen LogP contribution in [-0.4, -0.2) is 22.6 Å². The third-order valence-electron chi connectivity index (χ3n) is 4.55. The number of hydrogen-bond acceptors (Lipinski definition) is 4. The molecule has 0 aliphatic carbocycles. The Kier molecular flexibility index (Phi) is 7.53. The summed E-state index contributed by atoms with van der Waals surface area (Å²) < 4.78 is 0. The summed E-state index contributed by atoms with van der Waals surface area (Å²) in [7, 11) is 0. The Balaban J connectivity index is 1.71. The molecular weight excluding hydrogens is 308 g/mol. The van der Waals surface area contributed by atoms with E-state index >= 15 is 0 Å². The number of rotatable bonds is 9. The summed E-state index contributed by atoms with van der Waals surface area (Å²) in [5.74, 6) is 0.504. The monoisotopic (exact) mass is 340 g/mol. The van der Waals surface area contributed by atoms with E-state index in [2.05, 4.69) is 55.1 Å². The largest absolute Gasteiger partial charge is 0.327 e. The first-order chi connectivity index (χ1) is 12.0. The predicted octanol–water partition coefficient (Wildman–Crippen LogP) is 3.66. The lowest BCUT2D eigenvalue weighted by molar-refractivity contribution is 0.540. The number of nitrogens with one attached hydrogen (secondary N) is 1. The summed E-state index contributed by atoms with van der Waals surface area (Å²) in [5.41, 5.74) is 12.3. The molecule has 0 aromatic carbocycles. The molecule has 0 amide bonds. The fourth-order valence-electron chi connectivity index (χ4n) is 3.13. The van der Waals surface area contributed by atoms with Crippen molar-refractivity contribution in [2.75, 3.05) is 6.54 Å². The van der Waals surface area contributed by atoms with Crippen LogP contribution in [0.3, 0.4) is 0 Å². The van der Waals surface area contributed by atoms with Gasteiger partial charge in [-0.2, -0.15) is 0 Å². The highest BCUT2D eigenvalue weighted by atomic mass is 14.9. The second-order valence-electron chi connectivity index (χ2n) is 7.25. The van der Waals surface area contributed by atoms with Gasteiger partial charge < -0.3 is 11.1 Å². The van der Waals surface area contributed by atoms with Crippen molar-refractivity contribution in [3.63, 3.8) is 0 Å². The van der Waals surface area contributed by atoms with E-state index in [9.17, 15) is 0 Å². The number of pyridine rings is 2. The minimum atomic E-state index is 0.164. The minimum absolute atomic E-state index is 0.164. The van der Waals surface area contributed by atoms with Gasteiger partial charge >= 0.3 is 0 Å². The molecular formula is C21H32N4. The van der Waals surface area contributed by atoms with Crippen LogP contribution in [0.5, 0.6) is 0 Å². The Morgan fingerprint density at radius 3 is 2.68 bits per heavy atom. The average molecular weight is 341 g/mol. The second-order valence-corrected chi connectivity index (χ2v) is 7.25. The lowest BCUT2D eigenvalue weighted by Crippen LogP contribution is -2.26. The number of aryl methyl sites for hydroxylation is 2. The topological polar surface area (TPSA) is 63.8 Å². The molecule has 0 aliphatic rings. The van der Waals surface area contributed by atoms with Crippen LogP contribution < -0.4 is 11.1 Å². The van der Waals surface area contributed by atoms with Crippen LogP contribution >= 0.6 is 0 Å². The molecule has 0 fully saturated rings. The Hall–Kier alpha value is -1.78. The van der Waals surface area contributed by atoms with Crippen molar-refractivity contribution in [2.24, 2.45) is 5.73 Å². The molecule has 2 heterocycles. The van der Waals surface area contributed by atoms with Gasteiger partial charge in [-0.1, -0.05) is 26.0 Å². The van der Waals surface area contributed by atoms with E-state index in [1.165, 1.54) is 16.7 Å². The summed E-state index contributed by atoms with van der Waals surface area (Å²) in [6, 6.07) is 6.52. The lowest BCUT2D eigenvalue weighted by Gasteiger charge is -2.14. The SMILES string of the molecule is Cc1cnc(CC(N)CCCNCc2ncccc2C(C)C)c(C)c1. The highest BCUT2D eigenvalue weighted by Gasteiger charge is 2.09. The number of nitrogens with two attached hydrogens (primary N) is 1. The van der Waals surface area contributed by atoms with E-state index in [4.69, 9.17) is 5.73 Å². The normalized spacial score (nSPS) is 12.6. The maximum absolute atomic E-state index is 6.29. The highest BCUT2D eigenvalue weighted by molar-refractivity contribution is 5.24. The zero-order valence-corrected chi connectivity index (χ0v) is 16.0. The smallest absolute Gasteiger partial charge is 0.0576 e. The van der Waals surface area contributed by atoms with Gasteiger partial charge in [0.25, 0.3) is 0 Å². The zero-order chi connectivity index (χ0) is 18.2. The Morgan fingerprint density at radius 2 is 1.96 bits per heavy atom. The van der Waals surface area contributed by atoms with Crippen LogP contribution in [0.4, 0.5) is 0 Å². The van der Waals surface area contributed by atoms with E-state index < -0.39 is 0 Å². The molecule has 2 aromatic rings. The first-order valence-electron chi connectivity index (χ1n) is 9.29. The molecule has 4 heteroatoms. The third kappa shape index (κ3) is 6.22. The number of hydrogen-bond donors (Lipinski definition) is 2. The van der Waals surface area contributed by atoms with Crippen molar-refractivity contribution in [3.8, 4) is 0 Å². The molecule has 0 bridgehead atoms. The van der Waals surface area contributed by atoms with Gasteiger partial charge in [0.2, 0.25) is 0 Å². The first kappa shape index (κ1) is 19.5. The van der Waals surface area contributed by atoms with E-state index in [1.807, 2.05) is 18.5 Å². The van der Waals surface area contributed by atoms with Crippen LogP contribution in [0.2, 0.25) is 0 Å². The first-order valence-corrected chi connectivity index (χ1v) is 9.29. The molecule has 0 spiro atoms. The minimum Gasteiger partial charge on any atom is -0.327 e.